The molecule has 4 aliphatic rings. The van der Waals surface area contributed by atoms with Gasteiger partial charge in [0.1, 0.15) is 18.2 Å². The van der Waals surface area contributed by atoms with E-state index in [0.29, 0.717) is 32.2 Å². The van der Waals surface area contributed by atoms with Crippen LogP contribution in [0.15, 0.2) is 86.0 Å². The molecule has 6 rings (SSSR count). The van der Waals surface area contributed by atoms with Gasteiger partial charge in [-0.2, -0.15) is 0 Å². The third kappa shape index (κ3) is 7.39. The fourth-order valence-electron chi connectivity index (χ4n) is 8.95. The smallest absolute Gasteiger partial charge is 0.306 e. The molecule has 1 spiro atoms. The molecule has 3 aliphatic heterocycles. The molecule has 2 bridgehead atoms. The lowest BCUT2D eigenvalue weighted by Gasteiger charge is -2.42. The number of aliphatic hydroxyl groups excluding tert-OH is 1. The van der Waals surface area contributed by atoms with Gasteiger partial charge in [-0.25, -0.2) is 0 Å². The molecule has 10 nitrogen and oxygen atoms in total. The number of amides is 3. The van der Waals surface area contributed by atoms with Crippen LogP contribution in [0.4, 0.5) is 0 Å². The summed E-state index contributed by atoms with van der Waals surface area (Å²) in [6.45, 7) is 7.51. The molecule has 1 saturated carbocycles. The number of rotatable bonds is 16. The number of carbonyl (C=O) groups is 4. The second-order valence-electron chi connectivity index (χ2n) is 14.4. The van der Waals surface area contributed by atoms with Crippen LogP contribution in [0.3, 0.4) is 0 Å². The summed E-state index contributed by atoms with van der Waals surface area (Å²) in [4.78, 5) is 60.2. The van der Waals surface area contributed by atoms with Crippen LogP contribution in [0.2, 0.25) is 0 Å². The number of carbonyl (C=O) groups excluding carboxylic acids is 4. The van der Waals surface area contributed by atoms with Crippen molar-refractivity contribution in [3.8, 4) is 0 Å². The summed E-state index contributed by atoms with van der Waals surface area (Å²) in [5.74, 6) is -3.13. The highest BCUT2D eigenvalue weighted by Gasteiger charge is 2.75. The van der Waals surface area contributed by atoms with Gasteiger partial charge in [0.25, 0.3) is 0 Å². The van der Waals surface area contributed by atoms with Gasteiger partial charge in [0.2, 0.25) is 17.7 Å². The molecule has 3 heterocycles. The van der Waals surface area contributed by atoms with E-state index in [-0.39, 0.29) is 43.4 Å². The number of likely N-dealkylation sites (tertiary alicyclic amines) is 1. The minimum Gasteiger partial charge on any atom is -0.463 e. The molecule has 0 radical (unpaired) electrons. The van der Waals surface area contributed by atoms with Gasteiger partial charge in [-0.3, -0.25) is 19.2 Å². The number of allylic oxidation sites excluding steroid dienone is 1. The minimum atomic E-state index is -1.22. The second-order valence-corrected chi connectivity index (χ2v) is 14.4. The van der Waals surface area contributed by atoms with Crippen molar-refractivity contribution >= 4 is 23.7 Å². The van der Waals surface area contributed by atoms with Crippen molar-refractivity contribution in [3.05, 3.63) is 97.1 Å². The molecule has 0 unspecified atom stereocenters. The van der Waals surface area contributed by atoms with Crippen molar-refractivity contribution in [1.82, 2.24) is 15.1 Å². The number of fused-ring (bicyclic) bond motifs is 1. The first-order chi connectivity index (χ1) is 24.8. The molecule has 10 heteroatoms. The molecule has 4 fully saturated rings. The lowest BCUT2D eigenvalue weighted by molar-refractivity contribution is -0.153. The number of hydrogen-bond acceptors (Lipinski definition) is 7. The lowest BCUT2D eigenvalue weighted by atomic mass is 9.70. The average molecular weight is 698 g/mol. The third-order valence-electron chi connectivity index (χ3n) is 11.3. The average Bonchev–Trinajstić information content (AvgIpc) is 3.81. The molecule has 2 aromatic carbocycles. The quantitative estimate of drug-likeness (QED) is 0.193. The molecule has 7 atom stereocenters. The number of hydrogen-bond donors (Lipinski definition) is 2. The highest BCUT2D eigenvalue weighted by Crippen LogP contribution is 2.59. The fourth-order valence-corrected chi connectivity index (χ4v) is 8.95. The first kappa shape index (κ1) is 36.5. The van der Waals surface area contributed by atoms with E-state index in [2.05, 4.69) is 18.5 Å². The Hall–Kier alpha value is -4.28. The van der Waals surface area contributed by atoms with Gasteiger partial charge in [-0.15, -0.1) is 13.2 Å². The third-order valence-corrected chi connectivity index (χ3v) is 11.3. The van der Waals surface area contributed by atoms with E-state index in [9.17, 15) is 19.5 Å². The van der Waals surface area contributed by atoms with Crippen LogP contribution in [0.1, 0.15) is 75.0 Å². The zero-order chi connectivity index (χ0) is 36.0. The normalized spacial score (nSPS) is 26.6. The van der Waals surface area contributed by atoms with Crippen LogP contribution < -0.4 is 5.32 Å². The van der Waals surface area contributed by atoms with Gasteiger partial charge in [0.15, 0.2) is 0 Å². The Balaban J connectivity index is 1.33. The number of esters is 1. The zero-order valence-corrected chi connectivity index (χ0v) is 29.4. The maximum Gasteiger partial charge on any atom is 0.306 e. The summed E-state index contributed by atoms with van der Waals surface area (Å²) < 4.78 is 12.3. The van der Waals surface area contributed by atoms with Crippen LogP contribution in [0.5, 0.6) is 0 Å². The molecular weight excluding hydrogens is 646 g/mol. The molecule has 2 aromatic rings. The largest absolute Gasteiger partial charge is 0.463 e. The summed E-state index contributed by atoms with van der Waals surface area (Å²) in [7, 11) is 0. The monoisotopic (exact) mass is 697 g/mol. The highest BCUT2D eigenvalue weighted by atomic mass is 16.5. The van der Waals surface area contributed by atoms with E-state index >= 15 is 4.79 Å². The molecule has 51 heavy (non-hydrogen) atoms. The first-order valence-corrected chi connectivity index (χ1v) is 18.5. The fraction of sp³-hybridized carbons (Fsp3) is 0.512. The number of nitrogens with zero attached hydrogens (tertiary/aromatic N) is 2. The van der Waals surface area contributed by atoms with E-state index in [1.807, 2.05) is 65.6 Å². The van der Waals surface area contributed by atoms with E-state index < -0.39 is 47.6 Å². The molecule has 2 N–H and O–H groups in total. The molecule has 272 valence electrons. The van der Waals surface area contributed by atoms with E-state index in [0.717, 1.165) is 43.2 Å². The summed E-state index contributed by atoms with van der Waals surface area (Å²) in [5, 5.41) is 14.0. The van der Waals surface area contributed by atoms with Crippen LogP contribution >= 0.6 is 0 Å². The van der Waals surface area contributed by atoms with Crippen molar-refractivity contribution in [3.63, 3.8) is 0 Å². The van der Waals surface area contributed by atoms with Gasteiger partial charge in [0.05, 0.1) is 36.6 Å². The summed E-state index contributed by atoms with van der Waals surface area (Å²) in [6.07, 6.45) is 9.69. The van der Waals surface area contributed by atoms with Gasteiger partial charge < -0.3 is 29.7 Å². The Kier molecular flexibility index (Phi) is 11.7. The number of ether oxygens (including phenoxy) is 2. The Bertz CT molecular complexity index is 1560. The van der Waals surface area contributed by atoms with Crippen LogP contribution in [0.25, 0.3) is 0 Å². The number of aliphatic hydroxyl groups is 1. The van der Waals surface area contributed by atoms with Crippen molar-refractivity contribution in [2.45, 2.75) is 100 Å². The van der Waals surface area contributed by atoms with Gasteiger partial charge in [-0.05, 0) is 49.7 Å². The zero-order valence-electron chi connectivity index (χ0n) is 29.4. The summed E-state index contributed by atoms with van der Waals surface area (Å²) in [6, 6.07) is 16.5. The standard InChI is InChI=1S/C41H51N3O7/c1-3-5-21-34(46)50-27-32(29-17-11-7-12-18-29)42-38(47)35-33-22-23-41(51-33)36(35)39(48)44(31(26-45)25-28-15-9-6-10-16-28)37(41)40(49)43(24-4-2)30-19-13-8-14-20-30/h3-4,6-7,9-12,15-18,30-33,35-37,45H,1-2,5,8,13-14,19-27H2,(H,42,47)/t31-,32+,33-,35+,36+,37-,41+/m1/s1. The SMILES string of the molecule is C=CCCC(=O)OC[C@H](NC(=O)[C@@H]1[C@H]2C(=O)N([C@@H](CO)Cc3ccccc3)[C@H](C(=O)N(CC=C)C3CCCCC3)[C@]23CC[C@H]1O3)c1ccccc1. The predicted molar refractivity (Wildman–Crippen MR) is 192 cm³/mol. The highest BCUT2D eigenvalue weighted by molar-refractivity contribution is 5.99. The van der Waals surface area contributed by atoms with Crippen molar-refractivity contribution in [1.29, 1.82) is 0 Å². The predicted octanol–water partition coefficient (Wildman–Crippen LogP) is 4.68. The number of benzene rings is 2. The van der Waals surface area contributed by atoms with Gasteiger partial charge in [-0.1, -0.05) is 92.1 Å². The van der Waals surface area contributed by atoms with Crippen LogP contribution in [-0.4, -0.2) is 88.2 Å². The summed E-state index contributed by atoms with van der Waals surface area (Å²) in [5.41, 5.74) is 0.454. The van der Waals surface area contributed by atoms with Crippen molar-refractivity contribution < 1.29 is 33.8 Å². The van der Waals surface area contributed by atoms with Crippen LogP contribution in [-0.2, 0) is 35.1 Å². The van der Waals surface area contributed by atoms with E-state index in [1.165, 1.54) is 0 Å². The van der Waals surface area contributed by atoms with Crippen LogP contribution in [0, 0.1) is 11.8 Å². The van der Waals surface area contributed by atoms with Gasteiger partial charge >= 0.3 is 5.97 Å². The molecule has 1 aliphatic carbocycles. The topological polar surface area (TPSA) is 125 Å². The molecule has 3 saturated heterocycles. The maximum absolute atomic E-state index is 15.0. The van der Waals surface area contributed by atoms with Crippen molar-refractivity contribution in [2.24, 2.45) is 11.8 Å². The lowest BCUT2D eigenvalue weighted by Crippen LogP contribution is -2.60. The molecule has 3 amide bonds. The Labute approximate surface area is 300 Å². The Morgan fingerprint density at radius 3 is 2.39 bits per heavy atom. The Morgan fingerprint density at radius 2 is 1.73 bits per heavy atom. The van der Waals surface area contributed by atoms with Gasteiger partial charge in [0, 0.05) is 19.0 Å². The van der Waals surface area contributed by atoms with Crippen molar-refractivity contribution in [2.75, 3.05) is 19.8 Å². The maximum atomic E-state index is 15.0. The molecular formula is C41H51N3O7. The minimum absolute atomic E-state index is 0.0110. The number of nitrogens with one attached hydrogen (secondary N) is 1. The Morgan fingerprint density at radius 1 is 1.02 bits per heavy atom. The first-order valence-electron chi connectivity index (χ1n) is 18.5. The molecule has 0 aromatic heterocycles. The van der Waals surface area contributed by atoms with E-state index in [4.69, 9.17) is 9.47 Å². The second kappa shape index (κ2) is 16.4. The van der Waals surface area contributed by atoms with E-state index in [1.54, 1.807) is 17.1 Å². The summed E-state index contributed by atoms with van der Waals surface area (Å²) >= 11 is 0.